The second-order valence-corrected chi connectivity index (χ2v) is 5.60. The topological polar surface area (TPSA) is 94.2 Å². The predicted molar refractivity (Wildman–Crippen MR) is 97.3 cm³/mol. The number of benzene rings is 2. The van der Waals surface area contributed by atoms with E-state index < -0.39 is 16.4 Å². The van der Waals surface area contributed by atoms with Gasteiger partial charge in [-0.1, -0.05) is 30.3 Å². The number of non-ortho nitro benzene ring substituents is 1. The van der Waals surface area contributed by atoms with Crippen molar-refractivity contribution in [2.24, 2.45) is 0 Å². The summed E-state index contributed by atoms with van der Waals surface area (Å²) in [6.45, 7) is 0.212. The number of carbonyl (C=O) groups excluding carboxylic acids is 1. The van der Waals surface area contributed by atoms with Crippen molar-refractivity contribution in [1.29, 1.82) is 0 Å². The van der Waals surface area contributed by atoms with Gasteiger partial charge in [0.05, 0.1) is 11.5 Å². The van der Waals surface area contributed by atoms with E-state index in [1.165, 1.54) is 22.8 Å². The van der Waals surface area contributed by atoms with Gasteiger partial charge in [-0.3, -0.25) is 19.7 Å². The molecule has 0 fully saturated rings. The molecule has 130 valence electrons. The lowest BCUT2D eigenvalue weighted by Gasteiger charge is -2.09. The molecule has 0 atom stereocenters. The van der Waals surface area contributed by atoms with Crippen molar-refractivity contribution in [2.75, 3.05) is 5.32 Å². The van der Waals surface area contributed by atoms with Crippen molar-refractivity contribution in [1.82, 2.24) is 4.57 Å². The zero-order valence-electron chi connectivity index (χ0n) is 13.7. The molecule has 0 aliphatic carbocycles. The van der Waals surface area contributed by atoms with Crippen molar-refractivity contribution >= 4 is 17.3 Å². The molecule has 0 bridgehead atoms. The molecule has 3 aromatic rings. The van der Waals surface area contributed by atoms with Gasteiger partial charge in [0.1, 0.15) is 5.56 Å². The highest BCUT2D eigenvalue weighted by Crippen LogP contribution is 2.12. The molecule has 0 saturated heterocycles. The molecule has 1 N–H and O–H groups in total. The van der Waals surface area contributed by atoms with Gasteiger partial charge in [-0.25, -0.2) is 0 Å². The molecule has 1 heterocycles. The second-order valence-electron chi connectivity index (χ2n) is 5.60. The van der Waals surface area contributed by atoms with Gasteiger partial charge in [-0.2, -0.15) is 0 Å². The molecule has 7 nitrogen and oxygen atoms in total. The number of carbonyl (C=O) groups is 1. The minimum atomic E-state index is -0.487. The van der Waals surface area contributed by atoms with Gasteiger partial charge in [0, 0.05) is 24.0 Å². The summed E-state index contributed by atoms with van der Waals surface area (Å²) in [5.74, 6) is -0.487. The lowest BCUT2D eigenvalue weighted by molar-refractivity contribution is -0.384. The molecule has 2 aromatic carbocycles. The number of hydrogen-bond donors (Lipinski definition) is 1. The Morgan fingerprint density at radius 1 is 1.00 bits per heavy atom. The highest BCUT2D eigenvalue weighted by molar-refractivity contribution is 6.03. The molecule has 0 saturated carbocycles. The van der Waals surface area contributed by atoms with Crippen molar-refractivity contribution < 1.29 is 9.72 Å². The third-order valence-corrected chi connectivity index (χ3v) is 3.80. The lowest BCUT2D eigenvalue weighted by atomic mass is 10.2. The molecule has 0 unspecified atom stereocenters. The molecule has 0 aliphatic heterocycles. The standard InChI is InChI=1S/C19H15N3O4/c23-18(20-15-5-2-1-3-6-15)17-7-4-12-21(19(17)24)13-14-8-10-16(11-9-14)22(25)26/h1-12H,13H2,(H,20,23). The smallest absolute Gasteiger partial charge is 0.269 e. The van der Waals surface area contributed by atoms with Crippen LogP contribution >= 0.6 is 0 Å². The van der Waals surface area contributed by atoms with Crippen LogP contribution in [0, 0.1) is 10.1 Å². The maximum atomic E-state index is 12.6. The largest absolute Gasteiger partial charge is 0.322 e. The zero-order chi connectivity index (χ0) is 18.5. The molecule has 7 heteroatoms. The summed E-state index contributed by atoms with van der Waals surface area (Å²) >= 11 is 0. The summed E-state index contributed by atoms with van der Waals surface area (Å²) in [7, 11) is 0. The van der Waals surface area contributed by atoms with Gasteiger partial charge in [0.2, 0.25) is 0 Å². The first-order valence-corrected chi connectivity index (χ1v) is 7.84. The number of amides is 1. The number of nitrogens with one attached hydrogen (secondary N) is 1. The Hall–Kier alpha value is -3.74. The van der Waals surface area contributed by atoms with Crippen molar-refractivity contribution in [3.05, 3.63) is 105 Å². The number of aromatic nitrogens is 1. The van der Waals surface area contributed by atoms with Crippen LogP contribution in [0.1, 0.15) is 15.9 Å². The molecule has 0 aliphatic rings. The number of anilines is 1. The summed E-state index contributed by atoms with van der Waals surface area (Å²) in [6, 6.07) is 17.9. The van der Waals surface area contributed by atoms with E-state index in [1.54, 1.807) is 48.7 Å². The maximum absolute atomic E-state index is 12.6. The lowest BCUT2D eigenvalue weighted by Crippen LogP contribution is -2.29. The summed E-state index contributed by atoms with van der Waals surface area (Å²) in [5, 5.41) is 13.4. The Morgan fingerprint density at radius 3 is 2.35 bits per heavy atom. The molecule has 1 aromatic heterocycles. The molecule has 1 amide bonds. The van der Waals surface area contributed by atoms with E-state index in [-0.39, 0.29) is 17.8 Å². The Labute approximate surface area is 148 Å². The van der Waals surface area contributed by atoms with E-state index in [4.69, 9.17) is 0 Å². The highest BCUT2D eigenvalue weighted by Gasteiger charge is 2.13. The Kier molecular flexibility index (Phi) is 4.89. The van der Waals surface area contributed by atoms with Crippen molar-refractivity contribution in [3.63, 3.8) is 0 Å². The number of nitro benzene ring substituents is 1. The fourth-order valence-corrected chi connectivity index (χ4v) is 2.47. The average molecular weight is 349 g/mol. The van der Waals surface area contributed by atoms with E-state index in [9.17, 15) is 19.7 Å². The van der Waals surface area contributed by atoms with Gasteiger partial charge < -0.3 is 9.88 Å². The number of nitrogens with zero attached hydrogens (tertiary/aromatic N) is 2. The summed E-state index contributed by atoms with van der Waals surface area (Å²) in [4.78, 5) is 35.2. The van der Waals surface area contributed by atoms with E-state index in [0.717, 1.165) is 5.56 Å². The third kappa shape index (κ3) is 3.84. The highest BCUT2D eigenvalue weighted by atomic mass is 16.6. The van der Waals surface area contributed by atoms with Gasteiger partial charge in [-0.15, -0.1) is 0 Å². The number of rotatable bonds is 5. The minimum absolute atomic E-state index is 0.0166. The van der Waals surface area contributed by atoms with Crippen LogP contribution in [0.25, 0.3) is 0 Å². The van der Waals surface area contributed by atoms with E-state index >= 15 is 0 Å². The SMILES string of the molecule is O=C(Nc1ccccc1)c1cccn(Cc2ccc([N+](=O)[O-])cc2)c1=O. The second kappa shape index (κ2) is 7.43. The molecule has 26 heavy (non-hydrogen) atoms. The molecular weight excluding hydrogens is 334 g/mol. The first-order valence-electron chi connectivity index (χ1n) is 7.84. The van der Waals surface area contributed by atoms with Crippen molar-refractivity contribution in [3.8, 4) is 0 Å². The van der Waals surface area contributed by atoms with Crippen LogP contribution in [0.15, 0.2) is 77.7 Å². The average Bonchev–Trinajstić information content (AvgIpc) is 2.64. The third-order valence-electron chi connectivity index (χ3n) is 3.80. The summed E-state index contributed by atoms with van der Waals surface area (Å²) < 4.78 is 1.39. The minimum Gasteiger partial charge on any atom is -0.322 e. The van der Waals surface area contributed by atoms with Gasteiger partial charge in [0.15, 0.2) is 0 Å². The zero-order valence-corrected chi connectivity index (χ0v) is 13.7. The number of para-hydroxylation sites is 1. The van der Waals surface area contributed by atoms with Crippen LogP contribution < -0.4 is 10.9 Å². The van der Waals surface area contributed by atoms with Crippen LogP contribution in [0.4, 0.5) is 11.4 Å². The quantitative estimate of drug-likeness (QED) is 0.566. The number of hydrogen-bond acceptors (Lipinski definition) is 4. The van der Waals surface area contributed by atoms with Crippen LogP contribution in [0.5, 0.6) is 0 Å². The fraction of sp³-hybridized carbons (Fsp3) is 0.0526. The number of pyridine rings is 1. The maximum Gasteiger partial charge on any atom is 0.269 e. The molecular formula is C19H15N3O4. The summed E-state index contributed by atoms with van der Waals surface area (Å²) in [5.41, 5.74) is 0.899. The first-order chi connectivity index (χ1) is 12.5. The Balaban J connectivity index is 1.81. The predicted octanol–water partition coefficient (Wildman–Crippen LogP) is 3.06. The molecule has 0 radical (unpaired) electrons. The van der Waals surface area contributed by atoms with Crippen LogP contribution in [-0.4, -0.2) is 15.4 Å². The van der Waals surface area contributed by atoms with Crippen LogP contribution in [0.2, 0.25) is 0 Å². The monoisotopic (exact) mass is 349 g/mol. The van der Waals surface area contributed by atoms with Crippen molar-refractivity contribution in [2.45, 2.75) is 6.54 Å². The van der Waals surface area contributed by atoms with E-state index in [0.29, 0.717) is 5.69 Å². The van der Waals surface area contributed by atoms with Gasteiger partial charge >= 0.3 is 0 Å². The first kappa shape index (κ1) is 17.1. The van der Waals surface area contributed by atoms with Gasteiger partial charge in [0.25, 0.3) is 17.2 Å². The van der Waals surface area contributed by atoms with Gasteiger partial charge in [-0.05, 0) is 29.8 Å². The van der Waals surface area contributed by atoms with Crippen LogP contribution in [-0.2, 0) is 6.54 Å². The Bertz CT molecular complexity index is 995. The normalized spacial score (nSPS) is 10.3. The summed E-state index contributed by atoms with van der Waals surface area (Å²) in [6.07, 6.45) is 1.57. The van der Waals surface area contributed by atoms with Crippen LogP contribution in [0.3, 0.4) is 0 Å². The molecule has 3 rings (SSSR count). The van der Waals surface area contributed by atoms with E-state index in [1.807, 2.05) is 6.07 Å². The fourth-order valence-electron chi connectivity index (χ4n) is 2.47. The number of nitro groups is 1. The van der Waals surface area contributed by atoms with E-state index in [2.05, 4.69) is 5.32 Å². The Morgan fingerprint density at radius 2 is 1.69 bits per heavy atom. The molecule has 0 spiro atoms.